The molecule has 0 aliphatic heterocycles. The van der Waals surface area contributed by atoms with Crippen LogP contribution < -0.4 is 5.73 Å². The van der Waals surface area contributed by atoms with Crippen LogP contribution >= 0.6 is 0 Å². The predicted molar refractivity (Wildman–Crippen MR) is 61.1 cm³/mol. The number of aromatic hydroxyl groups is 1. The molecule has 1 fully saturated rings. The van der Waals surface area contributed by atoms with Crippen molar-refractivity contribution in [3.8, 4) is 5.75 Å². The molecule has 7 heteroatoms. The molecule has 3 N–H and O–H groups in total. The molecule has 0 radical (unpaired) electrons. The highest BCUT2D eigenvalue weighted by Crippen LogP contribution is 2.51. The Morgan fingerprint density at radius 3 is 2.39 bits per heavy atom. The monoisotopic (exact) mass is 277 g/mol. The molecular weight excluding hydrogens is 264 g/mol. The summed E-state index contributed by atoms with van der Waals surface area (Å²) in [4.78, 5) is -1.10. The first-order valence-corrected chi connectivity index (χ1v) is 7.23. The highest BCUT2D eigenvalue weighted by molar-refractivity contribution is 7.90. The summed E-state index contributed by atoms with van der Waals surface area (Å²) in [5.41, 5.74) is 4.94. The van der Waals surface area contributed by atoms with Crippen LogP contribution in [0.2, 0.25) is 0 Å². The summed E-state index contributed by atoms with van der Waals surface area (Å²) in [6.45, 7) is 0.150. The lowest BCUT2D eigenvalue weighted by atomic mass is 9.95. The minimum Gasteiger partial charge on any atom is -0.505 e. The van der Waals surface area contributed by atoms with E-state index in [1.54, 1.807) is 0 Å². The van der Waals surface area contributed by atoms with Crippen LogP contribution in [0.4, 0.5) is 8.78 Å². The quantitative estimate of drug-likeness (QED) is 0.866. The maximum atomic E-state index is 13.8. The molecule has 0 saturated heterocycles. The van der Waals surface area contributed by atoms with Crippen molar-refractivity contribution in [3.05, 3.63) is 23.3 Å². The first-order chi connectivity index (χ1) is 8.23. The number of phenolic OH excluding ortho intramolecular Hbond substituents is 1. The van der Waals surface area contributed by atoms with Gasteiger partial charge >= 0.3 is 0 Å². The Hall–Kier alpha value is -1.21. The third-order valence-corrected chi connectivity index (χ3v) is 4.45. The Labute approximate surface area is 103 Å². The van der Waals surface area contributed by atoms with E-state index in [0.717, 1.165) is 6.07 Å². The fourth-order valence-electron chi connectivity index (χ4n) is 2.07. The Morgan fingerprint density at radius 1 is 1.44 bits per heavy atom. The molecule has 1 saturated carbocycles. The van der Waals surface area contributed by atoms with Gasteiger partial charge in [0.2, 0.25) is 0 Å². The van der Waals surface area contributed by atoms with Crippen molar-refractivity contribution >= 4 is 9.84 Å². The van der Waals surface area contributed by atoms with E-state index in [1.165, 1.54) is 0 Å². The molecule has 1 aliphatic carbocycles. The molecule has 0 heterocycles. The van der Waals surface area contributed by atoms with Gasteiger partial charge in [-0.15, -0.1) is 0 Å². The summed E-state index contributed by atoms with van der Waals surface area (Å²) in [5, 5.41) is 9.71. The second kappa shape index (κ2) is 3.89. The largest absolute Gasteiger partial charge is 0.505 e. The zero-order valence-electron chi connectivity index (χ0n) is 9.70. The van der Waals surface area contributed by atoms with Crippen molar-refractivity contribution in [2.45, 2.75) is 23.2 Å². The SMILES string of the molecule is CS(=O)(=O)c1c(F)cc(C2(CN)CC2)c(O)c1F. The van der Waals surface area contributed by atoms with E-state index < -0.39 is 37.5 Å². The van der Waals surface area contributed by atoms with E-state index in [-0.39, 0.29) is 12.1 Å². The van der Waals surface area contributed by atoms with Gasteiger partial charge in [0, 0.05) is 23.8 Å². The van der Waals surface area contributed by atoms with Crippen LogP contribution in [0.3, 0.4) is 0 Å². The molecule has 1 aromatic carbocycles. The van der Waals surface area contributed by atoms with Crippen LogP contribution in [-0.4, -0.2) is 26.3 Å². The molecule has 0 unspecified atom stereocenters. The Morgan fingerprint density at radius 2 is 2.00 bits per heavy atom. The predicted octanol–water partition coefficient (Wildman–Crippen LogP) is 1.06. The third kappa shape index (κ3) is 1.87. The summed E-state index contributed by atoms with van der Waals surface area (Å²) < 4.78 is 50.0. The Balaban J connectivity index is 2.70. The molecule has 1 aliphatic rings. The average molecular weight is 277 g/mol. The molecule has 18 heavy (non-hydrogen) atoms. The second-order valence-corrected chi connectivity index (χ2v) is 6.61. The summed E-state index contributed by atoms with van der Waals surface area (Å²) in [7, 11) is -4.08. The molecule has 0 bridgehead atoms. The van der Waals surface area contributed by atoms with Gasteiger partial charge < -0.3 is 10.8 Å². The van der Waals surface area contributed by atoms with Crippen molar-refractivity contribution in [3.63, 3.8) is 0 Å². The zero-order valence-corrected chi connectivity index (χ0v) is 10.5. The van der Waals surface area contributed by atoms with E-state index in [0.29, 0.717) is 19.1 Å². The average Bonchev–Trinajstić information content (AvgIpc) is 3.02. The lowest BCUT2D eigenvalue weighted by Crippen LogP contribution is -2.21. The summed E-state index contributed by atoms with van der Waals surface area (Å²) in [5.74, 6) is -3.45. The summed E-state index contributed by atoms with van der Waals surface area (Å²) in [6.07, 6.45) is 1.92. The van der Waals surface area contributed by atoms with Crippen LogP contribution in [-0.2, 0) is 15.3 Å². The lowest BCUT2D eigenvalue weighted by Gasteiger charge is -2.16. The van der Waals surface area contributed by atoms with E-state index in [1.807, 2.05) is 0 Å². The lowest BCUT2D eigenvalue weighted by molar-refractivity contribution is 0.399. The minimum absolute atomic E-state index is 0.0485. The zero-order chi connectivity index (χ0) is 13.7. The number of nitrogens with two attached hydrogens (primary N) is 1. The normalized spacial score (nSPS) is 17.8. The third-order valence-electron chi connectivity index (χ3n) is 3.34. The van der Waals surface area contributed by atoms with Gasteiger partial charge in [0.15, 0.2) is 21.4 Å². The number of hydrogen-bond acceptors (Lipinski definition) is 4. The maximum absolute atomic E-state index is 13.8. The molecule has 0 amide bonds. The van der Waals surface area contributed by atoms with E-state index >= 15 is 0 Å². The van der Waals surface area contributed by atoms with Crippen molar-refractivity contribution < 1.29 is 22.3 Å². The maximum Gasteiger partial charge on any atom is 0.186 e. The highest BCUT2D eigenvalue weighted by Gasteiger charge is 2.46. The standard InChI is InChI=1S/C11H13F2NO3S/c1-18(16,17)10-7(12)4-6(9(15)8(10)13)11(5-14)2-3-11/h4,15H,2-3,5,14H2,1H3. The Kier molecular flexibility index (Phi) is 2.86. The van der Waals surface area contributed by atoms with Gasteiger partial charge in [0.1, 0.15) is 10.7 Å². The first kappa shape index (κ1) is 13.2. The van der Waals surface area contributed by atoms with Gasteiger partial charge in [-0.25, -0.2) is 17.2 Å². The van der Waals surface area contributed by atoms with Gasteiger partial charge in [-0.05, 0) is 18.9 Å². The van der Waals surface area contributed by atoms with Crippen molar-refractivity contribution in [1.29, 1.82) is 0 Å². The number of benzene rings is 1. The Bertz CT molecular complexity index is 609. The molecule has 0 spiro atoms. The van der Waals surface area contributed by atoms with Gasteiger partial charge in [-0.3, -0.25) is 0 Å². The summed E-state index contributed by atoms with van der Waals surface area (Å²) in [6, 6.07) is 0.870. The summed E-state index contributed by atoms with van der Waals surface area (Å²) >= 11 is 0. The van der Waals surface area contributed by atoms with Crippen LogP contribution in [0, 0.1) is 11.6 Å². The second-order valence-electron chi connectivity index (χ2n) is 4.65. The number of phenols is 1. The molecule has 0 atom stereocenters. The molecule has 4 nitrogen and oxygen atoms in total. The fraction of sp³-hybridized carbons (Fsp3) is 0.455. The molecule has 1 aromatic rings. The highest BCUT2D eigenvalue weighted by atomic mass is 32.2. The van der Waals surface area contributed by atoms with Crippen LogP contribution in [0.5, 0.6) is 5.75 Å². The van der Waals surface area contributed by atoms with Crippen molar-refractivity contribution in [1.82, 2.24) is 0 Å². The van der Waals surface area contributed by atoms with E-state index in [9.17, 15) is 22.3 Å². The first-order valence-electron chi connectivity index (χ1n) is 5.34. The molecule has 100 valence electrons. The molecule has 0 aromatic heterocycles. The minimum atomic E-state index is -4.08. The van der Waals surface area contributed by atoms with Gasteiger partial charge in [0.25, 0.3) is 0 Å². The van der Waals surface area contributed by atoms with E-state index in [4.69, 9.17) is 5.73 Å². The van der Waals surface area contributed by atoms with Crippen LogP contribution in [0.15, 0.2) is 11.0 Å². The number of sulfone groups is 1. The molecular formula is C11H13F2NO3S. The van der Waals surface area contributed by atoms with Gasteiger partial charge in [-0.2, -0.15) is 0 Å². The number of rotatable bonds is 3. The van der Waals surface area contributed by atoms with Crippen molar-refractivity contribution in [2.24, 2.45) is 5.73 Å². The number of halogens is 2. The fourth-order valence-corrected chi connectivity index (χ4v) is 2.91. The topological polar surface area (TPSA) is 80.4 Å². The van der Waals surface area contributed by atoms with Crippen LogP contribution in [0.25, 0.3) is 0 Å². The smallest absolute Gasteiger partial charge is 0.186 e. The van der Waals surface area contributed by atoms with Gasteiger partial charge in [0.05, 0.1) is 0 Å². The number of hydrogen-bond donors (Lipinski definition) is 2. The van der Waals surface area contributed by atoms with Crippen LogP contribution in [0.1, 0.15) is 18.4 Å². The van der Waals surface area contributed by atoms with Crippen molar-refractivity contribution in [2.75, 3.05) is 12.8 Å². The van der Waals surface area contributed by atoms with Gasteiger partial charge in [-0.1, -0.05) is 0 Å². The van der Waals surface area contributed by atoms with E-state index in [2.05, 4.69) is 0 Å². The molecule has 2 rings (SSSR count).